The van der Waals surface area contributed by atoms with Gasteiger partial charge in [0.05, 0.1) is 18.6 Å². The number of rotatable bonds is 9. The SMILES string of the molecule is COc1cc(/C=C/C(=O)NNC(=O)CN(C)S(=O)(=O)c2ccc(C)cc2)ccc1OCC#N. The lowest BCUT2D eigenvalue weighted by atomic mass is 10.2. The van der Waals surface area contributed by atoms with E-state index in [1.807, 2.05) is 13.0 Å². The number of hydrazine groups is 1. The third-order valence-corrected chi connectivity index (χ3v) is 6.15. The molecule has 0 bridgehead atoms. The molecule has 2 N–H and O–H groups in total. The van der Waals surface area contributed by atoms with E-state index in [0.717, 1.165) is 9.87 Å². The van der Waals surface area contributed by atoms with Gasteiger partial charge in [-0.3, -0.25) is 20.4 Å². The molecule has 0 aliphatic rings. The maximum atomic E-state index is 12.5. The number of aryl methyl sites for hydroxylation is 1. The van der Waals surface area contributed by atoms with Crippen molar-refractivity contribution in [2.45, 2.75) is 11.8 Å². The molecule has 174 valence electrons. The van der Waals surface area contributed by atoms with Crippen LogP contribution >= 0.6 is 0 Å². The van der Waals surface area contributed by atoms with Gasteiger partial charge in [0.1, 0.15) is 6.07 Å². The molecule has 0 heterocycles. The Labute approximate surface area is 192 Å². The number of hydrogen-bond donors (Lipinski definition) is 2. The predicted molar refractivity (Wildman–Crippen MR) is 120 cm³/mol. The van der Waals surface area contributed by atoms with Crippen molar-refractivity contribution >= 4 is 27.9 Å². The van der Waals surface area contributed by atoms with E-state index in [2.05, 4.69) is 10.9 Å². The summed E-state index contributed by atoms with van der Waals surface area (Å²) in [5.41, 5.74) is 5.87. The fraction of sp³-hybridized carbons (Fsp3) is 0.227. The number of likely N-dealkylation sites (N-methyl/N-ethyl adjacent to an activating group) is 1. The van der Waals surface area contributed by atoms with Crippen molar-refractivity contribution < 1.29 is 27.5 Å². The highest BCUT2D eigenvalue weighted by Crippen LogP contribution is 2.28. The molecule has 0 saturated carbocycles. The average molecular weight is 473 g/mol. The zero-order valence-corrected chi connectivity index (χ0v) is 19.2. The number of sulfonamides is 1. The second kappa shape index (κ2) is 11.7. The van der Waals surface area contributed by atoms with Crippen LogP contribution in [-0.2, 0) is 19.6 Å². The molecule has 11 heteroatoms. The van der Waals surface area contributed by atoms with Crippen molar-refractivity contribution in [3.05, 3.63) is 59.7 Å². The third kappa shape index (κ3) is 7.34. The number of carbonyl (C=O) groups excluding carboxylic acids is 2. The first kappa shape index (κ1) is 25.4. The summed E-state index contributed by atoms with van der Waals surface area (Å²) in [5.74, 6) is -0.566. The van der Waals surface area contributed by atoms with E-state index in [1.165, 1.54) is 38.4 Å². The minimum absolute atomic E-state index is 0.0647. The lowest BCUT2D eigenvalue weighted by Crippen LogP contribution is -2.46. The highest BCUT2D eigenvalue weighted by Gasteiger charge is 2.22. The van der Waals surface area contributed by atoms with Crippen molar-refractivity contribution in [1.82, 2.24) is 15.2 Å². The predicted octanol–water partition coefficient (Wildman–Crippen LogP) is 1.39. The molecule has 0 aromatic heterocycles. The normalized spacial score (nSPS) is 11.1. The zero-order chi connectivity index (χ0) is 24.4. The second-order valence-corrected chi connectivity index (χ2v) is 8.85. The molecule has 0 saturated heterocycles. The number of nitrogens with zero attached hydrogens (tertiary/aromatic N) is 2. The van der Waals surface area contributed by atoms with Gasteiger partial charge in [0, 0.05) is 13.1 Å². The summed E-state index contributed by atoms with van der Waals surface area (Å²) in [5, 5.41) is 8.60. The van der Waals surface area contributed by atoms with Crippen LogP contribution in [0.2, 0.25) is 0 Å². The van der Waals surface area contributed by atoms with Crippen molar-refractivity contribution in [3.8, 4) is 17.6 Å². The van der Waals surface area contributed by atoms with Crippen LogP contribution in [0.25, 0.3) is 6.08 Å². The van der Waals surface area contributed by atoms with Crippen molar-refractivity contribution in [3.63, 3.8) is 0 Å². The summed E-state index contributed by atoms with van der Waals surface area (Å²) >= 11 is 0. The van der Waals surface area contributed by atoms with Gasteiger partial charge in [-0.2, -0.15) is 9.57 Å². The van der Waals surface area contributed by atoms with Crippen LogP contribution in [0.3, 0.4) is 0 Å². The van der Waals surface area contributed by atoms with Crippen molar-refractivity contribution in [2.75, 3.05) is 27.3 Å². The summed E-state index contributed by atoms with van der Waals surface area (Å²) in [6, 6.07) is 13.0. The number of methoxy groups -OCH3 is 1. The van der Waals surface area contributed by atoms with E-state index in [-0.39, 0.29) is 11.5 Å². The Kier molecular flexibility index (Phi) is 8.97. The molecular weight excluding hydrogens is 448 g/mol. The van der Waals surface area contributed by atoms with Gasteiger partial charge < -0.3 is 9.47 Å². The van der Waals surface area contributed by atoms with Crippen LogP contribution in [0.15, 0.2) is 53.4 Å². The molecule has 0 fully saturated rings. The van der Waals surface area contributed by atoms with E-state index in [0.29, 0.717) is 17.1 Å². The summed E-state index contributed by atoms with van der Waals surface area (Å²) in [7, 11) is -1.13. The van der Waals surface area contributed by atoms with Crippen LogP contribution in [0.5, 0.6) is 11.5 Å². The van der Waals surface area contributed by atoms with Gasteiger partial charge in [-0.05, 0) is 42.8 Å². The second-order valence-electron chi connectivity index (χ2n) is 6.80. The van der Waals surface area contributed by atoms with Gasteiger partial charge in [-0.15, -0.1) is 0 Å². The standard InChI is InChI=1S/C22H24N4O6S/c1-16-4-8-18(9-5-16)33(29,30)26(2)15-22(28)25-24-21(27)11-7-17-6-10-19(32-13-12-23)20(14-17)31-3/h4-11,14H,13,15H2,1-3H3,(H,24,27)(H,25,28)/b11-7+. The highest BCUT2D eigenvalue weighted by molar-refractivity contribution is 7.89. The largest absolute Gasteiger partial charge is 0.493 e. The van der Waals surface area contributed by atoms with Crippen molar-refractivity contribution in [2.24, 2.45) is 0 Å². The molecule has 0 radical (unpaired) electrons. The zero-order valence-electron chi connectivity index (χ0n) is 18.4. The fourth-order valence-corrected chi connectivity index (χ4v) is 3.71. The van der Waals surface area contributed by atoms with Crippen LogP contribution in [0.4, 0.5) is 0 Å². The first-order valence-electron chi connectivity index (χ1n) is 9.65. The quantitative estimate of drug-likeness (QED) is 0.415. The Morgan fingerprint density at radius 2 is 1.82 bits per heavy atom. The molecule has 2 amide bonds. The monoisotopic (exact) mass is 472 g/mol. The molecule has 2 aromatic carbocycles. The Balaban J connectivity index is 1.90. The van der Waals surface area contributed by atoms with Gasteiger partial charge >= 0.3 is 0 Å². The number of hydrogen-bond acceptors (Lipinski definition) is 7. The molecule has 10 nitrogen and oxygen atoms in total. The molecule has 0 spiro atoms. The fourth-order valence-electron chi connectivity index (χ4n) is 2.58. The first-order valence-corrected chi connectivity index (χ1v) is 11.1. The molecule has 2 aromatic rings. The van der Waals surface area contributed by atoms with E-state index in [4.69, 9.17) is 14.7 Å². The Bertz CT molecular complexity index is 1170. The molecule has 0 atom stereocenters. The summed E-state index contributed by atoms with van der Waals surface area (Å²) in [6.07, 6.45) is 2.66. The summed E-state index contributed by atoms with van der Waals surface area (Å²) in [6.45, 7) is 1.22. The number of nitriles is 1. The lowest BCUT2D eigenvalue weighted by Gasteiger charge is -2.17. The van der Waals surface area contributed by atoms with Gasteiger partial charge in [-0.25, -0.2) is 8.42 Å². The highest BCUT2D eigenvalue weighted by atomic mass is 32.2. The van der Waals surface area contributed by atoms with Crippen molar-refractivity contribution in [1.29, 1.82) is 5.26 Å². The minimum atomic E-state index is -3.85. The number of amides is 2. The van der Waals surface area contributed by atoms with Crippen LogP contribution in [0, 0.1) is 18.3 Å². The number of nitrogens with one attached hydrogen (secondary N) is 2. The number of carbonyl (C=O) groups is 2. The smallest absolute Gasteiger partial charge is 0.262 e. The van der Waals surface area contributed by atoms with Gasteiger partial charge in [0.15, 0.2) is 18.1 Å². The van der Waals surface area contributed by atoms with E-state index in [9.17, 15) is 18.0 Å². The molecule has 0 aliphatic carbocycles. The topological polar surface area (TPSA) is 138 Å². The van der Waals surface area contributed by atoms with Gasteiger partial charge in [-0.1, -0.05) is 23.8 Å². The number of benzene rings is 2. The maximum Gasteiger partial charge on any atom is 0.262 e. The summed E-state index contributed by atoms with van der Waals surface area (Å²) < 4.78 is 36.4. The van der Waals surface area contributed by atoms with Crippen LogP contribution in [-0.4, -0.2) is 51.8 Å². The Morgan fingerprint density at radius 1 is 1.12 bits per heavy atom. The molecule has 33 heavy (non-hydrogen) atoms. The first-order chi connectivity index (χ1) is 15.7. The van der Waals surface area contributed by atoms with Crippen LogP contribution in [0.1, 0.15) is 11.1 Å². The maximum absolute atomic E-state index is 12.5. The molecular formula is C22H24N4O6S. The van der Waals surface area contributed by atoms with Gasteiger partial charge in [0.2, 0.25) is 10.0 Å². The molecule has 0 aliphatic heterocycles. The lowest BCUT2D eigenvalue weighted by molar-refractivity contribution is -0.126. The third-order valence-electron chi connectivity index (χ3n) is 4.33. The van der Waals surface area contributed by atoms with Crippen LogP contribution < -0.4 is 20.3 Å². The Morgan fingerprint density at radius 3 is 2.45 bits per heavy atom. The van der Waals surface area contributed by atoms with E-state index in [1.54, 1.807) is 30.3 Å². The molecule has 0 unspecified atom stereocenters. The van der Waals surface area contributed by atoms with E-state index < -0.39 is 28.4 Å². The van der Waals surface area contributed by atoms with Gasteiger partial charge in [0.25, 0.3) is 11.8 Å². The average Bonchev–Trinajstić information content (AvgIpc) is 2.80. The minimum Gasteiger partial charge on any atom is -0.493 e. The molecule has 2 rings (SSSR count). The number of ether oxygens (including phenoxy) is 2. The van der Waals surface area contributed by atoms with E-state index >= 15 is 0 Å². The Hall–Kier alpha value is -3.88. The summed E-state index contributed by atoms with van der Waals surface area (Å²) in [4.78, 5) is 24.1.